The Labute approximate surface area is 108 Å². The molecule has 0 aliphatic carbocycles. The van der Waals surface area contributed by atoms with Crippen molar-refractivity contribution in [3.63, 3.8) is 0 Å². The van der Waals surface area contributed by atoms with Crippen LogP contribution in [0.2, 0.25) is 0 Å². The minimum atomic E-state index is -4.39. The molecule has 7 heteroatoms. The van der Waals surface area contributed by atoms with E-state index < -0.39 is 18.0 Å². The second kappa shape index (κ2) is 5.48. The summed E-state index contributed by atoms with van der Waals surface area (Å²) in [4.78, 5) is 0. The van der Waals surface area contributed by atoms with Crippen molar-refractivity contribution < 1.29 is 22.6 Å². The summed E-state index contributed by atoms with van der Waals surface area (Å²) in [5.41, 5.74) is 2.20. The van der Waals surface area contributed by atoms with Crippen molar-refractivity contribution in [2.75, 3.05) is 13.2 Å². The summed E-state index contributed by atoms with van der Waals surface area (Å²) in [5, 5.41) is 3.85. The predicted octanol–water partition coefficient (Wildman–Crippen LogP) is 2.35. The third kappa shape index (κ3) is 3.37. The van der Waals surface area contributed by atoms with Crippen molar-refractivity contribution in [2.24, 2.45) is 5.10 Å². The molecule has 1 aliphatic heterocycles. The lowest BCUT2D eigenvalue weighted by molar-refractivity contribution is -0.137. The van der Waals surface area contributed by atoms with Gasteiger partial charge in [-0.3, -0.25) is 0 Å². The maximum absolute atomic E-state index is 12.6. The molecule has 19 heavy (non-hydrogen) atoms. The Kier molecular flexibility index (Phi) is 3.94. The van der Waals surface area contributed by atoms with E-state index >= 15 is 0 Å². The third-order valence-electron chi connectivity index (χ3n) is 2.47. The summed E-state index contributed by atoms with van der Waals surface area (Å²) in [7, 11) is 0. The zero-order valence-electron chi connectivity index (χ0n) is 10.2. The SMILES string of the molecule is CCOC1CNN=C(c2cccc(C(F)(F)F)c2)O1. The van der Waals surface area contributed by atoms with Gasteiger partial charge >= 0.3 is 6.18 Å². The zero-order chi connectivity index (χ0) is 13.9. The van der Waals surface area contributed by atoms with Crippen LogP contribution < -0.4 is 5.43 Å². The van der Waals surface area contributed by atoms with E-state index in [0.717, 1.165) is 12.1 Å². The molecule has 0 amide bonds. The topological polar surface area (TPSA) is 42.8 Å². The Balaban J connectivity index is 2.20. The number of halogens is 3. The fourth-order valence-corrected chi connectivity index (χ4v) is 1.62. The van der Waals surface area contributed by atoms with E-state index in [2.05, 4.69) is 10.5 Å². The number of hydrogen-bond acceptors (Lipinski definition) is 4. The number of benzene rings is 1. The van der Waals surface area contributed by atoms with Gasteiger partial charge in [-0.1, -0.05) is 6.07 Å². The van der Waals surface area contributed by atoms with E-state index in [-0.39, 0.29) is 11.5 Å². The molecule has 0 saturated heterocycles. The van der Waals surface area contributed by atoms with Crippen molar-refractivity contribution in [3.05, 3.63) is 35.4 Å². The van der Waals surface area contributed by atoms with Gasteiger partial charge in [0.2, 0.25) is 12.2 Å². The zero-order valence-corrected chi connectivity index (χ0v) is 10.2. The monoisotopic (exact) mass is 274 g/mol. The fraction of sp³-hybridized carbons (Fsp3) is 0.417. The number of hydrazone groups is 1. The Morgan fingerprint density at radius 2 is 2.26 bits per heavy atom. The molecule has 2 rings (SSSR count). The molecule has 0 fully saturated rings. The summed E-state index contributed by atoms with van der Waals surface area (Å²) in [5.74, 6) is 0.0933. The van der Waals surface area contributed by atoms with Gasteiger partial charge in [-0.25, -0.2) is 0 Å². The average Bonchev–Trinajstić information content (AvgIpc) is 2.39. The molecule has 4 nitrogen and oxygen atoms in total. The summed E-state index contributed by atoms with van der Waals surface area (Å²) in [6.07, 6.45) is -4.94. The van der Waals surface area contributed by atoms with Gasteiger partial charge in [0.1, 0.15) is 0 Å². The molecule has 104 valence electrons. The van der Waals surface area contributed by atoms with Crippen LogP contribution in [0.25, 0.3) is 0 Å². The molecule has 0 saturated carbocycles. The first-order chi connectivity index (χ1) is 9.00. The third-order valence-corrected chi connectivity index (χ3v) is 2.47. The maximum Gasteiger partial charge on any atom is 0.416 e. The smallest absolute Gasteiger partial charge is 0.416 e. The van der Waals surface area contributed by atoms with Crippen LogP contribution in [-0.2, 0) is 15.7 Å². The summed E-state index contributed by atoms with van der Waals surface area (Å²) < 4.78 is 48.5. The van der Waals surface area contributed by atoms with Gasteiger partial charge in [-0.2, -0.15) is 13.2 Å². The molecule has 1 aromatic carbocycles. The lowest BCUT2D eigenvalue weighted by Gasteiger charge is -2.24. The van der Waals surface area contributed by atoms with E-state index in [1.165, 1.54) is 12.1 Å². The lowest BCUT2D eigenvalue weighted by Crippen LogP contribution is -2.37. The first kappa shape index (κ1) is 13.7. The van der Waals surface area contributed by atoms with Gasteiger partial charge in [-0.05, 0) is 25.1 Å². The molecule has 1 heterocycles. The van der Waals surface area contributed by atoms with E-state index in [0.29, 0.717) is 13.2 Å². The number of alkyl halides is 3. The van der Waals surface area contributed by atoms with Crippen molar-refractivity contribution in [3.8, 4) is 0 Å². The molecule has 1 N–H and O–H groups in total. The minimum Gasteiger partial charge on any atom is -0.444 e. The first-order valence-corrected chi connectivity index (χ1v) is 5.77. The van der Waals surface area contributed by atoms with Crippen molar-refractivity contribution >= 4 is 5.90 Å². The van der Waals surface area contributed by atoms with Crippen molar-refractivity contribution in [1.82, 2.24) is 5.43 Å². The maximum atomic E-state index is 12.6. The van der Waals surface area contributed by atoms with E-state index in [9.17, 15) is 13.2 Å². The molecule has 0 radical (unpaired) electrons. The molecule has 0 bridgehead atoms. The Bertz CT molecular complexity index is 474. The van der Waals surface area contributed by atoms with Crippen LogP contribution in [0.15, 0.2) is 29.4 Å². The highest BCUT2D eigenvalue weighted by molar-refractivity contribution is 5.94. The highest BCUT2D eigenvalue weighted by Gasteiger charge is 2.31. The highest BCUT2D eigenvalue weighted by atomic mass is 19.4. The van der Waals surface area contributed by atoms with Crippen LogP contribution in [0.3, 0.4) is 0 Å². The quantitative estimate of drug-likeness (QED) is 0.920. The van der Waals surface area contributed by atoms with Crippen LogP contribution in [0.5, 0.6) is 0 Å². The van der Waals surface area contributed by atoms with E-state index in [1.54, 1.807) is 6.92 Å². The van der Waals surface area contributed by atoms with Crippen LogP contribution in [-0.4, -0.2) is 25.3 Å². The van der Waals surface area contributed by atoms with Gasteiger partial charge < -0.3 is 14.9 Å². The number of nitrogens with one attached hydrogen (secondary N) is 1. The molecular weight excluding hydrogens is 261 g/mol. The second-order valence-corrected chi connectivity index (χ2v) is 3.86. The fourth-order valence-electron chi connectivity index (χ4n) is 1.62. The lowest BCUT2D eigenvalue weighted by atomic mass is 10.1. The molecule has 0 aromatic heterocycles. The second-order valence-electron chi connectivity index (χ2n) is 3.86. The predicted molar refractivity (Wildman–Crippen MR) is 62.5 cm³/mol. The van der Waals surface area contributed by atoms with Gasteiger partial charge in [0.25, 0.3) is 0 Å². The van der Waals surface area contributed by atoms with E-state index in [4.69, 9.17) is 9.47 Å². The van der Waals surface area contributed by atoms with Crippen molar-refractivity contribution in [1.29, 1.82) is 0 Å². The Hall–Kier alpha value is -1.76. The molecular formula is C12H13F3N2O2. The van der Waals surface area contributed by atoms with E-state index in [1.807, 2.05) is 0 Å². The molecule has 1 atom stereocenters. The summed E-state index contributed by atoms with van der Waals surface area (Å²) in [6.45, 7) is 2.61. The van der Waals surface area contributed by atoms with Crippen LogP contribution >= 0.6 is 0 Å². The van der Waals surface area contributed by atoms with Crippen LogP contribution in [0.4, 0.5) is 13.2 Å². The van der Waals surface area contributed by atoms with Crippen LogP contribution in [0.1, 0.15) is 18.1 Å². The molecule has 1 aromatic rings. The molecule has 1 aliphatic rings. The highest BCUT2D eigenvalue weighted by Crippen LogP contribution is 2.29. The Morgan fingerprint density at radius 3 is 2.95 bits per heavy atom. The van der Waals surface area contributed by atoms with Gasteiger partial charge in [0, 0.05) is 12.2 Å². The largest absolute Gasteiger partial charge is 0.444 e. The minimum absolute atomic E-state index is 0.0933. The van der Waals surface area contributed by atoms with Gasteiger partial charge in [0.05, 0.1) is 12.1 Å². The number of rotatable bonds is 3. The normalized spacial score (nSPS) is 19.4. The van der Waals surface area contributed by atoms with Gasteiger partial charge in [-0.15, -0.1) is 5.10 Å². The molecule has 1 unspecified atom stereocenters. The van der Waals surface area contributed by atoms with Crippen molar-refractivity contribution in [2.45, 2.75) is 19.4 Å². The summed E-state index contributed by atoms with van der Waals surface area (Å²) >= 11 is 0. The standard InChI is InChI=1S/C12H13F3N2O2/c1-2-18-10-7-16-17-11(19-10)8-4-3-5-9(6-8)12(13,14)15/h3-6,10,16H,2,7H2,1H3. The number of hydrogen-bond donors (Lipinski definition) is 1. The number of nitrogens with zero attached hydrogens (tertiary/aromatic N) is 1. The average molecular weight is 274 g/mol. The van der Waals surface area contributed by atoms with Crippen LogP contribution in [0, 0.1) is 0 Å². The summed E-state index contributed by atoms with van der Waals surface area (Å²) in [6, 6.07) is 4.81. The van der Waals surface area contributed by atoms with Gasteiger partial charge in [0.15, 0.2) is 0 Å². The first-order valence-electron chi connectivity index (χ1n) is 5.77. The number of ether oxygens (including phenoxy) is 2. The Morgan fingerprint density at radius 1 is 1.47 bits per heavy atom. The molecule has 0 spiro atoms.